The molecular weight excluding hydrogens is 328 g/mol. The van der Waals surface area contributed by atoms with Crippen LogP contribution in [0.3, 0.4) is 0 Å². The highest BCUT2D eigenvalue weighted by molar-refractivity contribution is 7.89. The highest BCUT2D eigenvalue weighted by atomic mass is 32.2. The molecule has 1 aromatic heterocycles. The molecule has 136 valence electrons. The lowest BCUT2D eigenvalue weighted by molar-refractivity contribution is 0.127. The maximum atomic E-state index is 12.3. The second kappa shape index (κ2) is 7.09. The molecule has 3 heterocycles. The largest absolute Gasteiger partial charge is 0.377 e. The monoisotopic (exact) mass is 356 g/mol. The van der Waals surface area contributed by atoms with Gasteiger partial charge in [-0.1, -0.05) is 6.92 Å². The molecule has 24 heavy (non-hydrogen) atoms. The summed E-state index contributed by atoms with van der Waals surface area (Å²) < 4.78 is 33.6. The maximum Gasteiger partial charge on any atom is 0.214 e. The summed E-state index contributed by atoms with van der Waals surface area (Å²) in [7, 11) is -1.39. The Morgan fingerprint density at radius 1 is 1.12 bits per heavy atom. The number of aryl methyl sites for hydroxylation is 1. The van der Waals surface area contributed by atoms with E-state index in [1.165, 1.54) is 0 Å². The minimum Gasteiger partial charge on any atom is -0.377 e. The highest BCUT2D eigenvalue weighted by Crippen LogP contribution is 2.42. The Labute approximate surface area is 144 Å². The van der Waals surface area contributed by atoms with Crippen molar-refractivity contribution in [2.45, 2.75) is 58.6 Å². The molecule has 0 N–H and O–H groups in total. The van der Waals surface area contributed by atoms with E-state index in [4.69, 9.17) is 4.74 Å². The average molecular weight is 356 g/mol. The number of piperidine rings is 1. The maximum absolute atomic E-state index is 12.3. The molecule has 1 saturated heterocycles. The van der Waals surface area contributed by atoms with Crippen molar-refractivity contribution in [3.8, 4) is 0 Å². The van der Waals surface area contributed by atoms with E-state index in [2.05, 4.69) is 14.8 Å². The number of methoxy groups -OCH3 is 1. The number of aromatic nitrogens is 3. The van der Waals surface area contributed by atoms with Gasteiger partial charge in [-0.05, 0) is 37.5 Å². The van der Waals surface area contributed by atoms with E-state index < -0.39 is 10.0 Å². The van der Waals surface area contributed by atoms with Gasteiger partial charge in [-0.15, -0.1) is 10.2 Å². The normalized spacial score (nSPS) is 21.6. The zero-order valence-corrected chi connectivity index (χ0v) is 15.5. The number of rotatable bonds is 5. The van der Waals surface area contributed by atoms with E-state index in [9.17, 15) is 8.42 Å². The Morgan fingerprint density at radius 2 is 1.83 bits per heavy atom. The Hall–Kier alpha value is -0.990. The molecule has 1 spiro atoms. The molecule has 7 nitrogen and oxygen atoms in total. The van der Waals surface area contributed by atoms with Crippen molar-refractivity contribution in [1.29, 1.82) is 0 Å². The van der Waals surface area contributed by atoms with E-state index in [-0.39, 0.29) is 11.2 Å². The van der Waals surface area contributed by atoms with Gasteiger partial charge in [0.25, 0.3) is 0 Å². The highest BCUT2D eigenvalue weighted by Gasteiger charge is 2.39. The van der Waals surface area contributed by atoms with Gasteiger partial charge in [0.2, 0.25) is 10.0 Å². The summed E-state index contributed by atoms with van der Waals surface area (Å²) in [5.41, 5.74) is 0.239. The van der Waals surface area contributed by atoms with Crippen LogP contribution in [-0.2, 0) is 34.3 Å². The predicted octanol–water partition coefficient (Wildman–Crippen LogP) is 1.58. The van der Waals surface area contributed by atoms with Crippen molar-refractivity contribution < 1.29 is 13.2 Å². The molecule has 0 saturated carbocycles. The van der Waals surface area contributed by atoms with Crippen LogP contribution >= 0.6 is 0 Å². The third-order valence-corrected chi connectivity index (χ3v) is 7.64. The Bertz CT molecular complexity index is 663. The van der Waals surface area contributed by atoms with E-state index in [0.717, 1.165) is 50.3 Å². The first-order valence-corrected chi connectivity index (χ1v) is 10.5. The van der Waals surface area contributed by atoms with Gasteiger partial charge >= 0.3 is 0 Å². The van der Waals surface area contributed by atoms with E-state index in [1.807, 2.05) is 6.92 Å². The van der Waals surface area contributed by atoms with Gasteiger partial charge in [0.1, 0.15) is 12.4 Å². The zero-order valence-electron chi connectivity index (χ0n) is 14.7. The number of nitrogens with zero attached hydrogens (tertiary/aromatic N) is 4. The summed E-state index contributed by atoms with van der Waals surface area (Å²) >= 11 is 0. The first kappa shape index (κ1) is 17.8. The third kappa shape index (κ3) is 3.50. The van der Waals surface area contributed by atoms with Crippen LogP contribution in [0.15, 0.2) is 0 Å². The number of fused-ring (bicyclic) bond motifs is 1. The van der Waals surface area contributed by atoms with Crippen molar-refractivity contribution >= 4 is 10.0 Å². The van der Waals surface area contributed by atoms with Crippen molar-refractivity contribution in [2.24, 2.45) is 5.41 Å². The lowest BCUT2D eigenvalue weighted by atomic mass is 9.73. The zero-order chi connectivity index (χ0) is 17.2. The summed E-state index contributed by atoms with van der Waals surface area (Å²) in [6.45, 7) is 4.63. The van der Waals surface area contributed by atoms with Crippen LogP contribution in [0.2, 0.25) is 0 Å². The molecule has 2 aliphatic rings. The molecular formula is C16H28N4O3S. The number of ether oxygens (including phenoxy) is 1. The Balaban J connectivity index is 1.66. The molecule has 0 aromatic carbocycles. The van der Waals surface area contributed by atoms with Crippen LogP contribution in [0.4, 0.5) is 0 Å². The molecule has 0 unspecified atom stereocenters. The lowest BCUT2D eigenvalue weighted by Gasteiger charge is -2.40. The second-order valence-corrected chi connectivity index (χ2v) is 9.17. The summed E-state index contributed by atoms with van der Waals surface area (Å²) in [6, 6.07) is 0. The predicted molar refractivity (Wildman–Crippen MR) is 91.0 cm³/mol. The molecule has 3 rings (SSSR count). The van der Waals surface area contributed by atoms with Gasteiger partial charge in [-0.3, -0.25) is 0 Å². The fourth-order valence-corrected chi connectivity index (χ4v) is 5.54. The lowest BCUT2D eigenvalue weighted by Crippen LogP contribution is -2.44. The molecule has 0 radical (unpaired) electrons. The first-order valence-electron chi connectivity index (χ1n) is 8.87. The third-order valence-electron chi connectivity index (χ3n) is 5.56. The van der Waals surface area contributed by atoms with Gasteiger partial charge in [-0.2, -0.15) is 0 Å². The standard InChI is InChI=1S/C16H28N4O3S/c1-3-12-24(21,22)19-9-6-16(7-10-19)5-4-14-17-18-15(13-23-2)20(14)11-8-16/h3-13H2,1-2H3. The van der Waals surface area contributed by atoms with E-state index in [1.54, 1.807) is 11.4 Å². The second-order valence-electron chi connectivity index (χ2n) is 7.08. The van der Waals surface area contributed by atoms with Crippen LogP contribution in [0, 0.1) is 5.41 Å². The van der Waals surface area contributed by atoms with E-state index in [0.29, 0.717) is 26.1 Å². The molecule has 1 aromatic rings. The van der Waals surface area contributed by atoms with Gasteiger partial charge in [0.15, 0.2) is 5.82 Å². The minimum absolute atomic E-state index is 0.239. The van der Waals surface area contributed by atoms with Gasteiger partial charge in [0.05, 0.1) is 5.75 Å². The van der Waals surface area contributed by atoms with E-state index >= 15 is 0 Å². The quantitative estimate of drug-likeness (QED) is 0.800. The van der Waals surface area contributed by atoms with Crippen LogP contribution in [0.5, 0.6) is 0 Å². The SMILES string of the molecule is CCCS(=O)(=O)N1CCC2(CCc3nnc(COC)n3CC2)CC1. The molecule has 0 aliphatic carbocycles. The molecule has 0 amide bonds. The molecule has 8 heteroatoms. The van der Waals surface area contributed by atoms with Crippen LogP contribution < -0.4 is 0 Å². The van der Waals surface area contributed by atoms with Crippen LogP contribution in [0.1, 0.15) is 50.7 Å². The van der Waals surface area contributed by atoms with Crippen molar-refractivity contribution in [3.63, 3.8) is 0 Å². The fourth-order valence-electron chi connectivity index (χ4n) is 4.03. The Morgan fingerprint density at radius 3 is 2.50 bits per heavy atom. The van der Waals surface area contributed by atoms with Gasteiger partial charge in [-0.25, -0.2) is 12.7 Å². The van der Waals surface area contributed by atoms with Crippen LogP contribution in [-0.4, -0.2) is 53.4 Å². The molecule has 0 bridgehead atoms. The number of hydrogen-bond donors (Lipinski definition) is 0. The number of hydrogen-bond acceptors (Lipinski definition) is 5. The fraction of sp³-hybridized carbons (Fsp3) is 0.875. The van der Waals surface area contributed by atoms with Crippen LogP contribution in [0.25, 0.3) is 0 Å². The Kier molecular flexibility index (Phi) is 5.27. The summed E-state index contributed by atoms with van der Waals surface area (Å²) in [6.07, 6.45) is 5.64. The average Bonchev–Trinajstić information content (AvgIpc) is 2.85. The van der Waals surface area contributed by atoms with Gasteiger partial charge in [0, 0.05) is 33.2 Å². The summed E-state index contributed by atoms with van der Waals surface area (Å²) in [5, 5.41) is 8.55. The molecule has 2 aliphatic heterocycles. The smallest absolute Gasteiger partial charge is 0.214 e. The van der Waals surface area contributed by atoms with Crippen molar-refractivity contribution in [3.05, 3.63) is 11.6 Å². The van der Waals surface area contributed by atoms with Gasteiger partial charge < -0.3 is 9.30 Å². The molecule has 0 atom stereocenters. The van der Waals surface area contributed by atoms with Crippen molar-refractivity contribution in [1.82, 2.24) is 19.1 Å². The topological polar surface area (TPSA) is 77.3 Å². The van der Waals surface area contributed by atoms with Crippen molar-refractivity contribution in [2.75, 3.05) is 26.0 Å². The minimum atomic E-state index is -3.07. The summed E-state index contributed by atoms with van der Waals surface area (Å²) in [4.78, 5) is 0. The molecule has 1 fully saturated rings. The number of sulfonamides is 1. The summed E-state index contributed by atoms with van der Waals surface area (Å²) in [5.74, 6) is 2.20. The first-order chi connectivity index (χ1) is 11.5.